The highest BCUT2D eigenvalue weighted by atomic mass is 16.1. The van der Waals surface area contributed by atoms with E-state index in [4.69, 9.17) is 5.26 Å². The Balaban J connectivity index is 2.76. The molecule has 0 radical (unpaired) electrons. The standard InChI is InChI=1S/C11H13N3O/c1-11(2,14-10(15)6-7-12)9-5-3-4-8-13-9/h3-5,8H,6H2,1-2H3,(H,14,15). The molecule has 0 aliphatic rings. The zero-order chi connectivity index (χ0) is 11.3. The van der Waals surface area contributed by atoms with Gasteiger partial charge in [-0.15, -0.1) is 0 Å². The highest BCUT2D eigenvalue weighted by molar-refractivity contribution is 5.78. The summed E-state index contributed by atoms with van der Waals surface area (Å²) in [6.45, 7) is 3.70. The van der Waals surface area contributed by atoms with Gasteiger partial charge in [0, 0.05) is 6.20 Å². The number of hydrogen-bond acceptors (Lipinski definition) is 3. The number of nitrogens with zero attached hydrogens (tertiary/aromatic N) is 2. The molecule has 1 heterocycles. The van der Waals surface area contributed by atoms with Crippen LogP contribution in [0.15, 0.2) is 24.4 Å². The number of amides is 1. The van der Waals surface area contributed by atoms with E-state index in [0.29, 0.717) is 0 Å². The smallest absolute Gasteiger partial charge is 0.234 e. The van der Waals surface area contributed by atoms with Gasteiger partial charge in [-0.05, 0) is 26.0 Å². The third-order valence-electron chi connectivity index (χ3n) is 2.00. The van der Waals surface area contributed by atoms with Gasteiger partial charge in [-0.2, -0.15) is 5.26 Å². The van der Waals surface area contributed by atoms with Crippen LogP contribution in [0, 0.1) is 11.3 Å². The molecule has 1 N–H and O–H groups in total. The third-order valence-corrected chi connectivity index (χ3v) is 2.00. The Morgan fingerprint density at radius 2 is 2.33 bits per heavy atom. The van der Waals surface area contributed by atoms with E-state index in [0.717, 1.165) is 5.69 Å². The van der Waals surface area contributed by atoms with Gasteiger partial charge in [-0.3, -0.25) is 9.78 Å². The van der Waals surface area contributed by atoms with Crippen molar-refractivity contribution in [2.45, 2.75) is 25.8 Å². The fourth-order valence-electron chi connectivity index (χ4n) is 1.26. The summed E-state index contributed by atoms with van der Waals surface area (Å²) in [5.41, 5.74) is 0.228. The predicted octanol–water partition coefficient (Wildman–Crippen LogP) is 1.35. The number of rotatable bonds is 3. The molecule has 78 valence electrons. The molecule has 0 atom stereocenters. The van der Waals surface area contributed by atoms with Crippen LogP contribution in [0.5, 0.6) is 0 Å². The molecule has 4 nitrogen and oxygen atoms in total. The van der Waals surface area contributed by atoms with Gasteiger partial charge in [-0.25, -0.2) is 0 Å². The molecule has 0 spiro atoms. The lowest BCUT2D eigenvalue weighted by molar-refractivity contribution is -0.121. The van der Waals surface area contributed by atoms with Gasteiger partial charge in [-0.1, -0.05) is 6.07 Å². The minimum Gasteiger partial charge on any atom is -0.345 e. The topological polar surface area (TPSA) is 65.8 Å². The van der Waals surface area contributed by atoms with Crippen molar-refractivity contribution in [3.05, 3.63) is 30.1 Å². The second-order valence-corrected chi connectivity index (χ2v) is 3.72. The summed E-state index contributed by atoms with van der Waals surface area (Å²) in [5.74, 6) is -0.284. The first-order chi connectivity index (χ1) is 7.06. The van der Waals surface area contributed by atoms with Crippen LogP contribution in [-0.4, -0.2) is 10.9 Å². The van der Waals surface area contributed by atoms with Gasteiger partial charge in [0.05, 0.1) is 17.3 Å². The van der Waals surface area contributed by atoms with Crippen molar-refractivity contribution in [1.29, 1.82) is 5.26 Å². The number of carbonyl (C=O) groups excluding carboxylic acids is 1. The summed E-state index contributed by atoms with van der Waals surface area (Å²) >= 11 is 0. The number of nitrogens with one attached hydrogen (secondary N) is 1. The molecule has 0 unspecified atom stereocenters. The summed E-state index contributed by atoms with van der Waals surface area (Å²) in [7, 11) is 0. The number of carbonyl (C=O) groups is 1. The van der Waals surface area contributed by atoms with Gasteiger partial charge in [0.25, 0.3) is 0 Å². The van der Waals surface area contributed by atoms with Crippen molar-refractivity contribution in [2.75, 3.05) is 0 Å². The predicted molar refractivity (Wildman–Crippen MR) is 55.6 cm³/mol. The fraction of sp³-hybridized carbons (Fsp3) is 0.364. The lowest BCUT2D eigenvalue weighted by Gasteiger charge is -2.25. The van der Waals surface area contributed by atoms with E-state index in [2.05, 4.69) is 10.3 Å². The van der Waals surface area contributed by atoms with Crippen LogP contribution in [0.4, 0.5) is 0 Å². The summed E-state index contributed by atoms with van der Waals surface area (Å²) in [4.78, 5) is 15.4. The van der Waals surface area contributed by atoms with E-state index in [1.165, 1.54) is 0 Å². The molecule has 0 aliphatic heterocycles. The quantitative estimate of drug-likeness (QED) is 0.806. The van der Waals surface area contributed by atoms with Gasteiger partial charge in [0.2, 0.25) is 5.91 Å². The second kappa shape index (κ2) is 4.56. The Kier molecular flexibility index (Phi) is 3.40. The Hall–Kier alpha value is -1.89. The minimum absolute atomic E-state index is 0.129. The maximum absolute atomic E-state index is 11.3. The summed E-state index contributed by atoms with van der Waals surface area (Å²) < 4.78 is 0. The maximum atomic E-state index is 11.3. The van der Waals surface area contributed by atoms with Crippen LogP contribution in [0.3, 0.4) is 0 Å². The van der Waals surface area contributed by atoms with E-state index < -0.39 is 5.54 Å². The summed E-state index contributed by atoms with van der Waals surface area (Å²) in [6.07, 6.45) is 1.55. The minimum atomic E-state index is -0.546. The Bertz CT molecular complexity index is 379. The molecule has 4 heteroatoms. The average molecular weight is 203 g/mol. The van der Waals surface area contributed by atoms with E-state index in [9.17, 15) is 4.79 Å². The molecule has 0 aliphatic carbocycles. The maximum Gasteiger partial charge on any atom is 0.234 e. The van der Waals surface area contributed by atoms with Gasteiger partial charge in [0.15, 0.2) is 0 Å². The van der Waals surface area contributed by atoms with Gasteiger partial charge >= 0.3 is 0 Å². The zero-order valence-corrected chi connectivity index (χ0v) is 8.82. The van der Waals surface area contributed by atoms with Crippen LogP contribution in [-0.2, 0) is 10.3 Å². The van der Waals surface area contributed by atoms with E-state index in [1.807, 2.05) is 38.1 Å². The number of nitriles is 1. The molecule has 0 aromatic carbocycles. The van der Waals surface area contributed by atoms with Crippen molar-refractivity contribution in [3.63, 3.8) is 0 Å². The highest BCUT2D eigenvalue weighted by Gasteiger charge is 2.23. The van der Waals surface area contributed by atoms with Crippen molar-refractivity contribution < 1.29 is 4.79 Å². The Morgan fingerprint density at radius 1 is 1.60 bits per heavy atom. The van der Waals surface area contributed by atoms with E-state index in [1.54, 1.807) is 6.20 Å². The second-order valence-electron chi connectivity index (χ2n) is 3.72. The van der Waals surface area contributed by atoms with Crippen LogP contribution >= 0.6 is 0 Å². The molecule has 1 rings (SSSR count). The molecule has 1 aromatic heterocycles. The van der Waals surface area contributed by atoms with Crippen molar-refractivity contribution in [2.24, 2.45) is 0 Å². The third kappa shape index (κ3) is 3.06. The summed E-state index contributed by atoms with van der Waals surface area (Å²) in [5, 5.41) is 11.1. The molecule has 0 fully saturated rings. The molecular weight excluding hydrogens is 190 g/mol. The lowest BCUT2D eigenvalue weighted by atomic mass is 10.00. The van der Waals surface area contributed by atoms with Crippen molar-refractivity contribution in [3.8, 4) is 6.07 Å². The Morgan fingerprint density at radius 3 is 2.87 bits per heavy atom. The van der Waals surface area contributed by atoms with Crippen molar-refractivity contribution in [1.82, 2.24) is 10.3 Å². The lowest BCUT2D eigenvalue weighted by Crippen LogP contribution is -2.41. The number of hydrogen-bond donors (Lipinski definition) is 1. The van der Waals surface area contributed by atoms with Gasteiger partial charge < -0.3 is 5.32 Å². The summed E-state index contributed by atoms with van der Waals surface area (Å²) in [6, 6.07) is 7.33. The van der Waals surface area contributed by atoms with Gasteiger partial charge in [0.1, 0.15) is 6.42 Å². The highest BCUT2D eigenvalue weighted by Crippen LogP contribution is 2.16. The first kappa shape index (κ1) is 11.2. The van der Waals surface area contributed by atoms with E-state index in [-0.39, 0.29) is 12.3 Å². The SMILES string of the molecule is CC(C)(NC(=O)CC#N)c1ccccn1. The normalized spacial score (nSPS) is 10.5. The fourth-order valence-corrected chi connectivity index (χ4v) is 1.26. The number of aromatic nitrogens is 1. The Labute approximate surface area is 88.9 Å². The van der Waals surface area contributed by atoms with Crippen molar-refractivity contribution >= 4 is 5.91 Å². The molecule has 15 heavy (non-hydrogen) atoms. The van der Waals surface area contributed by atoms with E-state index >= 15 is 0 Å². The first-order valence-corrected chi connectivity index (χ1v) is 4.66. The molecule has 1 aromatic rings. The largest absolute Gasteiger partial charge is 0.345 e. The zero-order valence-electron chi connectivity index (χ0n) is 8.82. The molecule has 0 bridgehead atoms. The molecule has 1 amide bonds. The average Bonchev–Trinajstić information content (AvgIpc) is 2.18. The van der Waals surface area contributed by atoms with Crippen LogP contribution < -0.4 is 5.32 Å². The first-order valence-electron chi connectivity index (χ1n) is 4.66. The molecule has 0 saturated heterocycles. The van der Waals surface area contributed by atoms with Crippen LogP contribution in [0.2, 0.25) is 0 Å². The monoisotopic (exact) mass is 203 g/mol. The van der Waals surface area contributed by atoms with Crippen LogP contribution in [0.1, 0.15) is 26.0 Å². The number of pyridine rings is 1. The molecular formula is C11H13N3O. The molecule has 0 saturated carbocycles. The van der Waals surface area contributed by atoms with Crippen LogP contribution in [0.25, 0.3) is 0 Å².